The third-order valence-corrected chi connectivity index (χ3v) is 3.40. The van der Waals surface area contributed by atoms with Crippen LogP contribution in [-0.2, 0) is 4.79 Å². The number of hydrogen-bond donors (Lipinski definition) is 1. The summed E-state index contributed by atoms with van der Waals surface area (Å²) in [6.45, 7) is 6.95. The number of carbonyl (C=O) groups excluding carboxylic acids is 1. The number of nitrogens with one attached hydrogen (secondary N) is 1. The summed E-state index contributed by atoms with van der Waals surface area (Å²) in [4.78, 5) is 14.1. The molecule has 2 rings (SSSR count). The fourth-order valence-electron chi connectivity index (χ4n) is 2.32. The number of nitrogens with zero attached hydrogens (tertiary/aromatic N) is 1. The zero-order chi connectivity index (χ0) is 13.0. The van der Waals surface area contributed by atoms with Crippen molar-refractivity contribution in [2.24, 2.45) is 0 Å². The van der Waals surface area contributed by atoms with Crippen LogP contribution in [0, 0.1) is 0 Å². The maximum Gasteiger partial charge on any atom is 0.238 e. The highest BCUT2D eigenvalue weighted by atomic mass is 16.2. The normalized spacial score (nSPS) is 16.2. The molecule has 0 spiro atoms. The van der Waals surface area contributed by atoms with E-state index < -0.39 is 0 Å². The summed E-state index contributed by atoms with van der Waals surface area (Å²) in [6, 6.07) is 8.11. The van der Waals surface area contributed by atoms with Crippen molar-refractivity contribution >= 4 is 11.6 Å². The highest BCUT2D eigenvalue weighted by Crippen LogP contribution is 2.18. The zero-order valence-electron chi connectivity index (χ0n) is 11.3. The molecule has 0 saturated carbocycles. The number of hydrogen-bond acceptors (Lipinski definition) is 2. The van der Waals surface area contributed by atoms with Crippen molar-refractivity contribution in [1.29, 1.82) is 0 Å². The Labute approximate surface area is 109 Å². The fourth-order valence-corrected chi connectivity index (χ4v) is 2.32. The summed E-state index contributed by atoms with van der Waals surface area (Å²) >= 11 is 0. The molecule has 0 atom stereocenters. The lowest BCUT2D eigenvalue weighted by Gasteiger charge is -2.14. The van der Waals surface area contributed by atoms with Crippen molar-refractivity contribution in [1.82, 2.24) is 4.90 Å². The first-order valence-corrected chi connectivity index (χ1v) is 6.77. The average molecular weight is 246 g/mol. The molecule has 1 fully saturated rings. The molecule has 1 aromatic carbocycles. The van der Waals surface area contributed by atoms with Crippen LogP contribution in [0.4, 0.5) is 5.69 Å². The number of anilines is 1. The van der Waals surface area contributed by atoms with Gasteiger partial charge in [0.25, 0.3) is 0 Å². The van der Waals surface area contributed by atoms with Crippen LogP contribution in [0.3, 0.4) is 0 Å². The van der Waals surface area contributed by atoms with Crippen LogP contribution in [0.15, 0.2) is 24.3 Å². The number of amides is 1. The monoisotopic (exact) mass is 246 g/mol. The van der Waals surface area contributed by atoms with Gasteiger partial charge in [0.2, 0.25) is 5.91 Å². The lowest BCUT2D eigenvalue weighted by molar-refractivity contribution is -0.117. The maximum absolute atomic E-state index is 11.9. The summed E-state index contributed by atoms with van der Waals surface area (Å²) < 4.78 is 0. The minimum Gasteiger partial charge on any atom is -0.325 e. The summed E-state index contributed by atoms with van der Waals surface area (Å²) in [5, 5.41) is 2.98. The Morgan fingerprint density at radius 1 is 1.33 bits per heavy atom. The molecule has 0 aliphatic carbocycles. The minimum atomic E-state index is 0.0952. The number of likely N-dealkylation sites (tertiary alicyclic amines) is 1. The zero-order valence-corrected chi connectivity index (χ0v) is 11.3. The van der Waals surface area contributed by atoms with Gasteiger partial charge in [-0.05, 0) is 49.5 Å². The lowest BCUT2D eigenvalue weighted by atomic mass is 10.0. The van der Waals surface area contributed by atoms with E-state index in [-0.39, 0.29) is 5.91 Å². The van der Waals surface area contributed by atoms with Gasteiger partial charge < -0.3 is 5.32 Å². The van der Waals surface area contributed by atoms with Gasteiger partial charge in [-0.3, -0.25) is 9.69 Å². The quantitative estimate of drug-likeness (QED) is 0.886. The van der Waals surface area contributed by atoms with Crippen LogP contribution in [-0.4, -0.2) is 30.4 Å². The molecule has 1 saturated heterocycles. The molecule has 0 bridgehead atoms. The van der Waals surface area contributed by atoms with Crippen molar-refractivity contribution < 1.29 is 4.79 Å². The van der Waals surface area contributed by atoms with Crippen LogP contribution in [0.1, 0.15) is 38.2 Å². The Morgan fingerprint density at radius 2 is 2.06 bits per heavy atom. The molecule has 98 valence electrons. The Hall–Kier alpha value is -1.35. The Morgan fingerprint density at radius 3 is 2.72 bits per heavy atom. The highest BCUT2D eigenvalue weighted by Gasteiger charge is 2.15. The molecule has 0 aromatic heterocycles. The molecule has 0 radical (unpaired) electrons. The number of carbonyl (C=O) groups is 1. The summed E-state index contributed by atoms with van der Waals surface area (Å²) in [5.41, 5.74) is 2.17. The van der Waals surface area contributed by atoms with Crippen LogP contribution < -0.4 is 5.32 Å². The van der Waals surface area contributed by atoms with Gasteiger partial charge in [0.05, 0.1) is 6.54 Å². The molecule has 0 unspecified atom stereocenters. The smallest absolute Gasteiger partial charge is 0.238 e. The summed E-state index contributed by atoms with van der Waals surface area (Å²) in [6.07, 6.45) is 2.44. The minimum absolute atomic E-state index is 0.0952. The van der Waals surface area contributed by atoms with Gasteiger partial charge in [0.15, 0.2) is 0 Å². The molecule has 1 heterocycles. The first kappa shape index (κ1) is 13.1. The van der Waals surface area contributed by atoms with Gasteiger partial charge >= 0.3 is 0 Å². The molecule has 1 aromatic rings. The van der Waals surface area contributed by atoms with Crippen LogP contribution >= 0.6 is 0 Å². The van der Waals surface area contributed by atoms with Crippen LogP contribution in [0.25, 0.3) is 0 Å². The highest BCUT2D eigenvalue weighted by molar-refractivity contribution is 5.92. The third-order valence-electron chi connectivity index (χ3n) is 3.40. The summed E-state index contributed by atoms with van der Waals surface area (Å²) in [7, 11) is 0. The second-order valence-electron chi connectivity index (χ2n) is 5.31. The predicted octanol–water partition coefficient (Wildman–Crippen LogP) is 2.84. The van der Waals surface area contributed by atoms with Crippen LogP contribution in [0.5, 0.6) is 0 Å². The Balaban J connectivity index is 1.91. The topological polar surface area (TPSA) is 32.3 Å². The predicted molar refractivity (Wildman–Crippen MR) is 74.8 cm³/mol. The fraction of sp³-hybridized carbons (Fsp3) is 0.533. The van der Waals surface area contributed by atoms with E-state index in [9.17, 15) is 4.79 Å². The van der Waals surface area contributed by atoms with E-state index in [1.807, 2.05) is 12.1 Å². The largest absolute Gasteiger partial charge is 0.325 e. The molecular formula is C15H22N2O. The second kappa shape index (κ2) is 6.01. The molecule has 18 heavy (non-hydrogen) atoms. The Kier molecular flexibility index (Phi) is 4.37. The van der Waals surface area contributed by atoms with Gasteiger partial charge in [-0.15, -0.1) is 0 Å². The van der Waals surface area contributed by atoms with E-state index in [2.05, 4.69) is 36.2 Å². The molecule has 1 aliphatic rings. The van der Waals surface area contributed by atoms with Crippen molar-refractivity contribution in [2.75, 3.05) is 25.0 Å². The third kappa shape index (κ3) is 3.57. The van der Waals surface area contributed by atoms with Crippen molar-refractivity contribution in [3.63, 3.8) is 0 Å². The first-order valence-electron chi connectivity index (χ1n) is 6.77. The number of benzene rings is 1. The van der Waals surface area contributed by atoms with E-state index in [0.29, 0.717) is 12.5 Å². The van der Waals surface area contributed by atoms with E-state index in [1.165, 1.54) is 18.4 Å². The van der Waals surface area contributed by atoms with Gasteiger partial charge in [-0.25, -0.2) is 0 Å². The molecule has 1 amide bonds. The molecule has 1 N–H and O–H groups in total. The van der Waals surface area contributed by atoms with Crippen LogP contribution in [0.2, 0.25) is 0 Å². The number of rotatable bonds is 4. The molecular weight excluding hydrogens is 224 g/mol. The van der Waals surface area contributed by atoms with Gasteiger partial charge in [0, 0.05) is 5.69 Å². The first-order chi connectivity index (χ1) is 8.65. The van der Waals surface area contributed by atoms with Crippen molar-refractivity contribution in [2.45, 2.75) is 32.6 Å². The maximum atomic E-state index is 11.9. The van der Waals surface area contributed by atoms with E-state index in [4.69, 9.17) is 0 Å². The average Bonchev–Trinajstić information content (AvgIpc) is 2.82. The molecule has 1 aliphatic heterocycles. The van der Waals surface area contributed by atoms with Crippen molar-refractivity contribution in [3.05, 3.63) is 29.8 Å². The van der Waals surface area contributed by atoms with E-state index >= 15 is 0 Å². The van der Waals surface area contributed by atoms with E-state index in [0.717, 1.165) is 18.8 Å². The van der Waals surface area contributed by atoms with Gasteiger partial charge in [0.1, 0.15) is 0 Å². The standard InChI is InChI=1S/C15H22N2O/c1-12(2)13-6-5-7-14(10-13)16-15(18)11-17-8-3-4-9-17/h5-7,10,12H,3-4,8-9,11H2,1-2H3,(H,16,18). The second-order valence-corrected chi connectivity index (χ2v) is 5.31. The summed E-state index contributed by atoms with van der Waals surface area (Å²) in [5.74, 6) is 0.582. The molecule has 3 heteroatoms. The lowest BCUT2D eigenvalue weighted by Crippen LogP contribution is -2.30. The Bertz CT molecular complexity index is 409. The van der Waals surface area contributed by atoms with E-state index in [1.54, 1.807) is 0 Å². The molecule has 3 nitrogen and oxygen atoms in total. The van der Waals surface area contributed by atoms with Gasteiger partial charge in [-0.2, -0.15) is 0 Å². The SMILES string of the molecule is CC(C)c1cccc(NC(=O)CN2CCCC2)c1. The van der Waals surface area contributed by atoms with Gasteiger partial charge in [-0.1, -0.05) is 26.0 Å². The van der Waals surface area contributed by atoms with Crippen molar-refractivity contribution in [3.8, 4) is 0 Å².